The third-order valence-corrected chi connectivity index (χ3v) is 2.69. The summed E-state index contributed by atoms with van der Waals surface area (Å²) in [7, 11) is 0. The number of aromatic nitrogens is 2. The molecule has 3 nitrogen and oxygen atoms in total. The van der Waals surface area contributed by atoms with Crippen molar-refractivity contribution in [2.75, 3.05) is 0 Å². The van der Waals surface area contributed by atoms with Crippen molar-refractivity contribution in [3.8, 4) is 17.0 Å². The largest absolute Gasteiger partial charge is 0.507 e. The Bertz CT molecular complexity index is 673. The van der Waals surface area contributed by atoms with E-state index in [4.69, 9.17) is 0 Å². The van der Waals surface area contributed by atoms with Crippen molar-refractivity contribution in [1.29, 1.82) is 0 Å². The highest BCUT2D eigenvalue weighted by molar-refractivity contribution is 5.97. The smallest absolute Gasteiger partial charge is 0.127 e. The number of halogens is 1. The van der Waals surface area contributed by atoms with E-state index in [0.717, 1.165) is 11.1 Å². The van der Waals surface area contributed by atoms with Crippen LogP contribution in [0.4, 0.5) is 4.39 Å². The monoisotopic (exact) mass is 228 g/mol. The Morgan fingerprint density at radius 1 is 1.06 bits per heavy atom. The summed E-state index contributed by atoms with van der Waals surface area (Å²) in [5, 5.41) is 17.5. The quantitative estimate of drug-likeness (QED) is 0.672. The van der Waals surface area contributed by atoms with E-state index in [9.17, 15) is 9.50 Å². The number of rotatable bonds is 1. The highest BCUT2D eigenvalue weighted by Gasteiger charge is 2.11. The average molecular weight is 228 g/mol. The fraction of sp³-hybridized carbons (Fsp3) is 0. The van der Waals surface area contributed by atoms with Crippen LogP contribution in [0.5, 0.6) is 5.75 Å². The van der Waals surface area contributed by atoms with E-state index in [1.807, 2.05) is 6.07 Å². The van der Waals surface area contributed by atoms with Gasteiger partial charge in [-0.2, -0.15) is 5.10 Å². The standard InChI is InChI=1S/C13H9FN2O/c14-9-6-4-8(5-7-9)13-12-10(15-16-13)2-1-3-11(12)17/h1-7,17H,(H,15,16). The van der Waals surface area contributed by atoms with Gasteiger partial charge < -0.3 is 5.11 Å². The normalized spacial score (nSPS) is 10.9. The summed E-state index contributed by atoms with van der Waals surface area (Å²) in [5.74, 6) is -0.131. The second-order valence-corrected chi connectivity index (χ2v) is 3.78. The molecule has 0 aliphatic carbocycles. The minimum absolute atomic E-state index is 0.163. The SMILES string of the molecule is Oc1cccc2[nH]nc(-c3ccc(F)cc3)c12. The number of aromatic hydroxyl groups is 1. The molecule has 0 aliphatic rings. The molecule has 0 radical (unpaired) electrons. The van der Waals surface area contributed by atoms with Gasteiger partial charge in [0.05, 0.1) is 10.9 Å². The van der Waals surface area contributed by atoms with Gasteiger partial charge in [-0.25, -0.2) is 4.39 Å². The second kappa shape index (κ2) is 3.59. The van der Waals surface area contributed by atoms with Gasteiger partial charge in [-0.15, -0.1) is 0 Å². The minimum Gasteiger partial charge on any atom is -0.507 e. The number of hydrogen-bond donors (Lipinski definition) is 2. The van der Waals surface area contributed by atoms with Gasteiger partial charge in [0.15, 0.2) is 0 Å². The van der Waals surface area contributed by atoms with E-state index < -0.39 is 0 Å². The van der Waals surface area contributed by atoms with Crippen LogP contribution >= 0.6 is 0 Å². The van der Waals surface area contributed by atoms with Crippen LogP contribution in [0.15, 0.2) is 42.5 Å². The zero-order valence-electron chi connectivity index (χ0n) is 8.81. The van der Waals surface area contributed by atoms with Crippen molar-refractivity contribution in [3.63, 3.8) is 0 Å². The van der Waals surface area contributed by atoms with Gasteiger partial charge in [0.25, 0.3) is 0 Å². The molecular formula is C13H9FN2O. The lowest BCUT2D eigenvalue weighted by molar-refractivity contribution is 0.482. The molecule has 0 saturated carbocycles. The molecule has 3 rings (SSSR count). The molecule has 0 bridgehead atoms. The number of nitrogens with zero attached hydrogens (tertiary/aromatic N) is 1. The Balaban J connectivity index is 2.27. The third-order valence-electron chi connectivity index (χ3n) is 2.69. The molecule has 0 saturated heterocycles. The van der Waals surface area contributed by atoms with E-state index in [-0.39, 0.29) is 11.6 Å². The number of phenols is 1. The zero-order valence-corrected chi connectivity index (χ0v) is 8.81. The molecule has 0 amide bonds. The molecule has 2 N–H and O–H groups in total. The predicted octanol–water partition coefficient (Wildman–Crippen LogP) is 3.07. The molecule has 3 aromatic rings. The lowest BCUT2D eigenvalue weighted by atomic mass is 10.1. The van der Waals surface area contributed by atoms with E-state index in [1.54, 1.807) is 24.3 Å². The van der Waals surface area contributed by atoms with E-state index >= 15 is 0 Å². The summed E-state index contributed by atoms with van der Waals surface area (Å²) in [6.07, 6.45) is 0. The van der Waals surface area contributed by atoms with Gasteiger partial charge in [-0.3, -0.25) is 5.10 Å². The van der Waals surface area contributed by atoms with Crippen molar-refractivity contribution >= 4 is 10.9 Å². The van der Waals surface area contributed by atoms with Crippen molar-refractivity contribution in [2.45, 2.75) is 0 Å². The van der Waals surface area contributed by atoms with Gasteiger partial charge >= 0.3 is 0 Å². The molecule has 2 aromatic carbocycles. The van der Waals surface area contributed by atoms with E-state index in [0.29, 0.717) is 11.1 Å². The van der Waals surface area contributed by atoms with Crippen molar-refractivity contribution in [1.82, 2.24) is 10.2 Å². The second-order valence-electron chi connectivity index (χ2n) is 3.78. The Morgan fingerprint density at radius 2 is 1.82 bits per heavy atom. The summed E-state index contributed by atoms with van der Waals surface area (Å²) in [6, 6.07) is 11.2. The zero-order chi connectivity index (χ0) is 11.8. The van der Waals surface area contributed by atoms with Crippen LogP contribution < -0.4 is 0 Å². The van der Waals surface area contributed by atoms with Crippen molar-refractivity contribution in [3.05, 3.63) is 48.3 Å². The average Bonchev–Trinajstić information content (AvgIpc) is 2.75. The van der Waals surface area contributed by atoms with Gasteiger partial charge in [-0.1, -0.05) is 6.07 Å². The fourth-order valence-electron chi connectivity index (χ4n) is 1.87. The molecule has 0 spiro atoms. The third kappa shape index (κ3) is 1.54. The Hall–Kier alpha value is -2.36. The van der Waals surface area contributed by atoms with E-state index in [2.05, 4.69) is 10.2 Å². The highest BCUT2D eigenvalue weighted by Crippen LogP contribution is 2.32. The Morgan fingerprint density at radius 3 is 2.59 bits per heavy atom. The molecule has 1 aromatic heterocycles. The number of aromatic amines is 1. The predicted molar refractivity (Wildman–Crippen MR) is 63.2 cm³/mol. The van der Waals surface area contributed by atoms with Gasteiger partial charge in [-0.05, 0) is 36.4 Å². The first-order valence-corrected chi connectivity index (χ1v) is 5.18. The fourth-order valence-corrected chi connectivity index (χ4v) is 1.87. The maximum Gasteiger partial charge on any atom is 0.127 e. The van der Waals surface area contributed by atoms with Gasteiger partial charge in [0.2, 0.25) is 0 Å². The maximum atomic E-state index is 12.8. The van der Waals surface area contributed by atoms with Crippen LogP contribution in [0.3, 0.4) is 0 Å². The molecule has 0 unspecified atom stereocenters. The number of benzene rings is 2. The topological polar surface area (TPSA) is 48.9 Å². The summed E-state index contributed by atoms with van der Waals surface area (Å²) in [5.41, 5.74) is 2.14. The van der Waals surface area contributed by atoms with Crippen LogP contribution in [-0.4, -0.2) is 15.3 Å². The minimum atomic E-state index is -0.294. The first-order chi connectivity index (χ1) is 8.25. The molecule has 0 fully saturated rings. The van der Waals surface area contributed by atoms with Gasteiger partial charge in [0.1, 0.15) is 17.3 Å². The molecule has 4 heteroatoms. The summed E-state index contributed by atoms with van der Waals surface area (Å²) in [6.45, 7) is 0. The Kier molecular flexibility index (Phi) is 2.08. The molecule has 17 heavy (non-hydrogen) atoms. The molecular weight excluding hydrogens is 219 g/mol. The van der Waals surface area contributed by atoms with Crippen LogP contribution in [-0.2, 0) is 0 Å². The van der Waals surface area contributed by atoms with Gasteiger partial charge in [0, 0.05) is 5.56 Å². The number of H-pyrrole nitrogens is 1. The first kappa shape index (κ1) is 9.84. The number of phenolic OH excluding ortho intramolecular Hbond substituents is 1. The molecule has 0 atom stereocenters. The van der Waals surface area contributed by atoms with Crippen LogP contribution in [0, 0.1) is 5.82 Å². The summed E-state index contributed by atoms with van der Waals surface area (Å²) >= 11 is 0. The van der Waals surface area contributed by atoms with Crippen LogP contribution in [0.2, 0.25) is 0 Å². The van der Waals surface area contributed by atoms with Crippen LogP contribution in [0.25, 0.3) is 22.2 Å². The summed E-state index contributed by atoms with van der Waals surface area (Å²) < 4.78 is 12.8. The van der Waals surface area contributed by atoms with Crippen molar-refractivity contribution < 1.29 is 9.50 Å². The molecule has 1 heterocycles. The Labute approximate surface area is 96.5 Å². The first-order valence-electron chi connectivity index (χ1n) is 5.18. The molecule has 84 valence electrons. The summed E-state index contributed by atoms with van der Waals surface area (Å²) in [4.78, 5) is 0. The van der Waals surface area contributed by atoms with E-state index in [1.165, 1.54) is 12.1 Å². The lowest BCUT2D eigenvalue weighted by Crippen LogP contribution is -1.80. The maximum absolute atomic E-state index is 12.8. The van der Waals surface area contributed by atoms with Crippen LogP contribution in [0.1, 0.15) is 0 Å². The molecule has 0 aliphatic heterocycles. The lowest BCUT2D eigenvalue weighted by Gasteiger charge is -1.99. The number of fused-ring (bicyclic) bond motifs is 1. The highest BCUT2D eigenvalue weighted by atomic mass is 19.1. The van der Waals surface area contributed by atoms with Crippen molar-refractivity contribution in [2.24, 2.45) is 0 Å². The number of hydrogen-bond acceptors (Lipinski definition) is 2. The number of nitrogens with one attached hydrogen (secondary N) is 1.